The number of carbonyl (C=O) groups excluding carboxylic acids is 1. The first-order valence-electron chi connectivity index (χ1n) is 9.48. The summed E-state index contributed by atoms with van der Waals surface area (Å²) in [5, 5.41) is 6.09. The molecule has 0 aliphatic rings. The second-order valence-electron chi connectivity index (χ2n) is 7.12. The molecule has 6 nitrogen and oxygen atoms in total. The van der Waals surface area contributed by atoms with Crippen LogP contribution in [0.25, 0.3) is 11.4 Å². The number of aryl methyl sites for hydroxylation is 2. The minimum absolute atomic E-state index is 0.00484. The molecule has 0 radical (unpaired) electrons. The summed E-state index contributed by atoms with van der Waals surface area (Å²) in [6, 6.07) is 10.1. The van der Waals surface area contributed by atoms with Crippen molar-refractivity contribution in [2.24, 2.45) is 0 Å². The molecule has 32 heavy (non-hydrogen) atoms. The van der Waals surface area contributed by atoms with Gasteiger partial charge in [-0.2, -0.15) is 18.3 Å². The maximum atomic E-state index is 14.6. The molecule has 4 aromatic rings. The van der Waals surface area contributed by atoms with Crippen LogP contribution in [-0.4, -0.2) is 25.2 Å². The molecular weight excluding hydrogens is 426 g/mol. The Morgan fingerprint density at radius 2 is 1.78 bits per heavy atom. The first kappa shape index (κ1) is 21.3. The number of aromatic nitrogens is 4. The molecule has 0 aliphatic heterocycles. The Kier molecular flexibility index (Phi) is 5.29. The third kappa shape index (κ3) is 3.98. The number of halogens is 4. The summed E-state index contributed by atoms with van der Waals surface area (Å²) in [5.41, 5.74) is -0.665. The van der Waals surface area contributed by atoms with Gasteiger partial charge in [0.05, 0.1) is 23.1 Å². The van der Waals surface area contributed by atoms with Gasteiger partial charge in [-0.1, -0.05) is 17.7 Å². The van der Waals surface area contributed by atoms with E-state index in [1.54, 1.807) is 32.2 Å². The third-order valence-electron chi connectivity index (χ3n) is 4.85. The molecule has 4 rings (SSSR count). The monoisotopic (exact) mass is 443 g/mol. The van der Waals surface area contributed by atoms with Crippen LogP contribution in [0.4, 0.5) is 23.2 Å². The summed E-state index contributed by atoms with van der Waals surface area (Å²) in [5.74, 6) is -1.17. The summed E-state index contributed by atoms with van der Waals surface area (Å²) >= 11 is 0. The number of benzene rings is 2. The van der Waals surface area contributed by atoms with Gasteiger partial charge in [0.2, 0.25) is 0 Å². The molecule has 10 heteroatoms. The molecule has 2 aromatic heterocycles. The van der Waals surface area contributed by atoms with Gasteiger partial charge in [0.15, 0.2) is 5.69 Å². The van der Waals surface area contributed by atoms with Gasteiger partial charge in [-0.25, -0.2) is 14.1 Å². The van der Waals surface area contributed by atoms with Crippen LogP contribution in [0.3, 0.4) is 0 Å². The van der Waals surface area contributed by atoms with E-state index in [1.807, 2.05) is 0 Å². The van der Waals surface area contributed by atoms with E-state index < -0.39 is 29.2 Å². The van der Waals surface area contributed by atoms with Gasteiger partial charge in [-0.05, 0) is 44.2 Å². The van der Waals surface area contributed by atoms with E-state index in [4.69, 9.17) is 0 Å². The molecule has 0 saturated heterocycles. The number of amides is 1. The highest BCUT2D eigenvalue weighted by Crippen LogP contribution is 2.34. The van der Waals surface area contributed by atoms with Crippen molar-refractivity contribution in [1.82, 2.24) is 19.3 Å². The lowest BCUT2D eigenvalue weighted by molar-refractivity contribution is -0.143. The van der Waals surface area contributed by atoms with Crippen LogP contribution in [0.1, 0.15) is 27.4 Å². The normalized spacial score (nSPS) is 11.6. The predicted octanol–water partition coefficient (Wildman–Crippen LogP) is 5.09. The summed E-state index contributed by atoms with van der Waals surface area (Å²) in [7, 11) is 0. The van der Waals surface area contributed by atoms with Gasteiger partial charge in [0, 0.05) is 18.1 Å². The Morgan fingerprint density at radius 3 is 2.38 bits per heavy atom. The van der Waals surface area contributed by atoms with E-state index in [2.05, 4.69) is 15.4 Å². The Morgan fingerprint density at radius 1 is 1.06 bits per heavy atom. The lowest BCUT2D eigenvalue weighted by atomic mass is 10.2. The number of rotatable bonds is 4. The Hall–Kier alpha value is -3.95. The summed E-state index contributed by atoms with van der Waals surface area (Å²) in [6.07, 6.45) is -0.921. The van der Waals surface area contributed by atoms with Crippen LogP contribution in [0.5, 0.6) is 0 Å². The zero-order chi connectivity index (χ0) is 23.0. The molecule has 0 atom stereocenters. The van der Waals surface area contributed by atoms with Crippen LogP contribution < -0.4 is 5.32 Å². The van der Waals surface area contributed by atoms with Crippen LogP contribution in [-0.2, 0) is 6.18 Å². The molecule has 1 N–H and O–H groups in total. The number of hydrogen-bond donors (Lipinski definition) is 1. The zero-order valence-corrected chi connectivity index (χ0v) is 17.0. The smallest absolute Gasteiger partial charge is 0.322 e. The number of alkyl halides is 3. The van der Waals surface area contributed by atoms with Gasteiger partial charge >= 0.3 is 6.18 Å². The van der Waals surface area contributed by atoms with E-state index in [0.29, 0.717) is 10.5 Å². The maximum absolute atomic E-state index is 14.6. The molecule has 0 spiro atoms. The average molecular weight is 443 g/mol. The topological polar surface area (TPSA) is 64.7 Å². The minimum Gasteiger partial charge on any atom is -0.322 e. The van der Waals surface area contributed by atoms with Crippen molar-refractivity contribution in [3.05, 3.63) is 89.5 Å². The molecule has 164 valence electrons. The summed E-state index contributed by atoms with van der Waals surface area (Å²) < 4.78 is 58.2. The number of anilines is 1. The highest BCUT2D eigenvalue weighted by molar-refractivity contribution is 6.05. The second kappa shape index (κ2) is 7.95. The fraction of sp³-hybridized carbons (Fsp3) is 0.136. The standard InChI is InChI=1S/C22H17F4N5O/c1-13-3-6-16(7-4-13)31-20(22(24,25)26)17(12-28-31)21(32)29-15-5-8-19(18(23)11-15)30-10-9-27-14(30)2/h3-12H,1-2H3,(H,29,32). The van der Waals surface area contributed by atoms with Gasteiger partial charge in [-0.3, -0.25) is 4.79 Å². The molecule has 0 fully saturated rings. The van der Waals surface area contributed by atoms with Crippen LogP contribution in [0, 0.1) is 19.7 Å². The van der Waals surface area contributed by atoms with Crippen LogP contribution in [0.2, 0.25) is 0 Å². The van der Waals surface area contributed by atoms with Crippen molar-refractivity contribution in [2.45, 2.75) is 20.0 Å². The number of carbonyl (C=O) groups is 1. The van der Waals surface area contributed by atoms with Crippen LogP contribution in [0.15, 0.2) is 61.1 Å². The van der Waals surface area contributed by atoms with Crippen molar-refractivity contribution in [1.29, 1.82) is 0 Å². The molecular formula is C22H17F4N5O. The number of nitrogens with one attached hydrogen (secondary N) is 1. The first-order valence-corrected chi connectivity index (χ1v) is 9.48. The van der Waals surface area contributed by atoms with Crippen molar-refractivity contribution in [3.63, 3.8) is 0 Å². The van der Waals surface area contributed by atoms with E-state index >= 15 is 0 Å². The fourth-order valence-corrected chi connectivity index (χ4v) is 3.28. The largest absolute Gasteiger partial charge is 0.434 e. The molecule has 0 unspecified atom stereocenters. The fourth-order valence-electron chi connectivity index (χ4n) is 3.28. The average Bonchev–Trinajstić information content (AvgIpc) is 3.35. The van der Waals surface area contributed by atoms with Crippen molar-refractivity contribution in [3.8, 4) is 11.4 Å². The van der Waals surface area contributed by atoms with E-state index in [0.717, 1.165) is 17.8 Å². The minimum atomic E-state index is -4.85. The molecule has 0 aliphatic carbocycles. The van der Waals surface area contributed by atoms with Crippen molar-refractivity contribution >= 4 is 11.6 Å². The maximum Gasteiger partial charge on any atom is 0.434 e. The lowest BCUT2D eigenvalue weighted by Crippen LogP contribution is -2.20. The predicted molar refractivity (Wildman–Crippen MR) is 110 cm³/mol. The zero-order valence-electron chi connectivity index (χ0n) is 17.0. The van der Waals surface area contributed by atoms with E-state index in [-0.39, 0.29) is 17.1 Å². The SMILES string of the molecule is Cc1ccc(-n2ncc(C(=O)Nc3ccc(-n4ccnc4C)c(F)c3)c2C(F)(F)F)cc1. The molecule has 2 heterocycles. The highest BCUT2D eigenvalue weighted by atomic mass is 19.4. The van der Waals surface area contributed by atoms with Gasteiger partial charge < -0.3 is 9.88 Å². The Balaban J connectivity index is 1.66. The number of nitrogens with zero attached hydrogens (tertiary/aromatic N) is 4. The third-order valence-corrected chi connectivity index (χ3v) is 4.85. The van der Waals surface area contributed by atoms with Gasteiger partial charge in [0.1, 0.15) is 11.6 Å². The van der Waals surface area contributed by atoms with E-state index in [1.165, 1.54) is 35.0 Å². The number of hydrogen-bond acceptors (Lipinski definition) is 3. The lowest BCUT2D eigenvalue weighted by Gasteiger charge is -2.13. The van der Waals surface area contributed by atoms with Crippen molar-refractivity contribution in [2.75, 3.05) is 5.32 Å². The van der Waals surface area contributed by atoms with Crippen LogP contribution >= 0.6 is 0 Å². The van der Waals surface area contributed by atoms with Gasteiger partial charge in [0.25, 0.3) is 5.91 Å². The molecule has 1 amide bonds. The number of imidazole rings is 1. The quantitative estimate of drug-likeness (QED) is 0.447. The van der Waals surface area contributed by atoms with Gasteiger partial charge in [-0.15, -0.1) is 0 Å². The molecule has 0 saturated carbocycles. The Labute approximate surface area is 180 Å². The Bertz CT molecular complexity index is 1290. The summed E-state index contributed by atoms with van der Waals surface area (Å²) in [6.45, 7) is 3.49. The highest BCUT2D eigenvalue weighted by Gasteiger charge is 2.40. The second-order valence-corrected chi connectivity index (χ2v) is 7.12. The molecule has 2 aromatic carbocycles. The summed E-state index contributed by atoms with van der Waals surface area (Å²) in [4.78, 5) is 16.7. The first-order chi connectivity index (χ1) is 15.1. The van der Waals surface area contributed by atoms with Crippen molar-refractivity contribution < 1.29 is 22.4 Å². The molecule has 0 bridgehead atoms. The van der Waals surface area contributed by atoms with E-state index in [9.17, 15) is 22.4 Å².